The van der Waals surface area contributed by atoms with Gasteiger partial charge in [-0.25, -0.2) is 0 Å². The highest BCUT2D eigenvalue weighted by molar-refractivity contribution is 5.95. The Kier molecular flexibility index (Phi) is 8.66. The third-order valence-corrected chi connectivity index (χ3v) is 6.18. The fourth-order valence-corrected chi connectivity index (χ4v) is 4.55. The van der Waals surface area contributed by atoms with E-state index in [1.54, 1.807) is 12.1 Å². The van der Waals surface area contributed by atoms with E-state index in [0.717, 1.165) is 58.3 Å². The van der Waals surface area contributed by atoms with E-state index >= 15 is 0 Å². The van der Waals surface area contributed by atoms with Crippen molar-refractivity contribution in [2.24, 2.45) is 5.92 Å². The fourth-order valence-electron chi connectivity index (χ4n) is 4.55. The average Bonchev–Trinajstić information content (AvgIpc) is 3.06. The lowest BCUT2D eigenvalue weighted by molar-refractivity contribution is -0.384. The number of ether oxygens (including phenoxy) is 1. The van der Waals surface area contributed by atoms with E-state index in [0.29, 0.717) is 36.9 Å². The van der Waals surface area contributed by atoms with Crippen molar-refractivity contribution >= 4 is 17.3 Å². The minimum atomic E-state index is -0.369. The van der Waals surface area contributed by atoms with Crippen molar-refractivity contribution in [3.63, 3.8) is 0 Å². The highest BCUT2D eigenvalue weighted by Gasteiger charge is 2.25. The molecule has 1 aromatic carbocycles. The van der Waals surface area contributed by atoms with Gasteiger partial charge in [-0.2, -0.15) is 0 Å². The number of hydrogen-bond acceptors (Lipinski definition) is 6. The van der Waals surface area contributed by atoms with E-state index < -0.39 is 0 Å². The van der Waals surface area contributed by atoms with E-state index in [4.69, 9.17) is 4.74 Å². The predicted octanol–water partition coefficient (Wildman–Crippen LogP) is 3.45. The first-order chi connectivity index (χ1) is 15.0. The van der Waals surface area contributed by atoms with Crippen LogP contribution in [0.25, 0.3) is 0 Å². The van der Waals surface area contributed by atoms with Gasteiger partial charge >= 0.3 is 0 Å². The van der Waals surface area contributed by atoms with Crippen LogP contribution in [0.15, 0.2) is 18.2 Å². The number of morpholine rings is 1. The number of benzene rings is 1. The second-order valence-electron chi connectivity index (χ2n) is 9.00. The van der Waals surface area contributed by atoms with E-state index in [9.17, 15) is 14.9 Å². The molecule has 8 nitrogen and oxygen atoms in total. The lowest BCUT2D eigenvalue weighted by Crippen LogP contribution is -2.49. The highest BCUT2D eigenvalue weighted by Crippen LogP contribution is 2.31. The summed E-state index contributed by atoms with van der Waals surface area (Å²) < 4.78 is 5.46. The largest absolute Gasteiger partial charge is 0.379 e. The van der Waals surface area contributed by atoms with Gasteiger partial charge in [0.05, 0.1) is 18.1 Å². The molecular weight excluding hydrogens is 396 g/mol. The van der Waals surface area contributed by atoms with Gasteiger partial charge in [-0.05, 0) is 37.3 Å². The van der Waals surface area contributed by atoms with Crippen LogP contribution in [0.3, 0.4) is 0 Å². The van der Waals surface area contributed by atoms with Crippen LogP contribution in [0.2, 0.25) is 0 Å². The molecular formula is C23H36N4O4. The second kappa shape index (κ2) is 11.4. The molecule has 1 aromatic rings. The summed E-state index contributed by atoms with van der Waals surface area (Å²) in [4.78, 5) is 28.7. The quantitative estimate of drug-likeness (QED) is 0.500. The molecule has 0 bridgehead atoms. The molecule has 31 heavy (non-hydrogen) atoms. The summed E-state index contributed by atoms with van der Waals surface area (Å²) >= 11 is 0. The maximum absolute atomic E-state index is 12.8. The molecule has 1 atom stereocenters. The molecule has 2 fully saturated rings. The van der Waals surface area contributed by atoms with Crippen LogP contribution in [0.1, 0.15) is 56.3 Å². The molecule has 172 valence electrons. The molecule has 2 aliphatic heterocycles. The Hall–Kier alpha value is -2.19. The first-order valence-corrected chi connectivity index (χ1v) is 11.6. The van der Waals surface area contributed by atoms with Gasteiger partial charge in [-0.3, -0.25) is 19.8 Å². The minimum Gasteiger partial charge on any atom is -0.379 e. The molecule has 1 unspecified atom stereocenters. The van der Waals surface area contributed by atoms with E-state index in [1.807, 2.05) is 0 Å². The third-order valence-electron chi connectivity index (χ3n) is 6.18. The first kappa shape index (κ1) is 23.5. The van der Waals surface area contributed by atoms with Crippen molar-refractivity contribution in [3.05, 3.63) is 33.9 Å². The van der Waals surface area contributed by atoms with Crippen molar-refractivity contribution in [1.29, 1.82) is 0 Å². The van der Waals surface area contributed by atoms with Crippen LogP contribution < -0.4 is 10.2 Å². The van der Waals surface area contributed by atoms with Gasteiger partial charge in [0.1, 0.15) is 5.69 Å². The number of amides is 1. The zero-order valence-electron chi connectivity index (χ0n) is 18.8. The van der Waals surface area contributed by atoms with Gasteiger partial charge in [0.15, 0.2) is 0 Å². The van der Waals surface area contributed by atoms with Gasteiger partial charge < -0.3 is 15.0 Å². The maximum atomic E-state index is 12.8. The number of hydrogen-bond donors (Lipinski definition) is 1. The molecule has 3 rings (SSSR count). The van der Waals surface area contributed by atoms with Crippen molar-refractivity contribution in [1.82, 2.24) is 10.2 Å². The van der Waals surface area contributed by atoms with Gasteiger partial charge in [0.25, 0.3) is 11.6 Å². The fraction of sp³-hybridized carbons (Fsp3) is 0.696. The highest BCUT2D eigenvalue weighted by atomic mass is 16.6. The summed E-state index contributed by atoms with van der Waals surface area (Å²) in [5, 5.41) is 14.8. The number of nitrogens with zero attached hydrogens (tertiary/aromatic N) is 3. The second-order valence-corrected chi connectivity index (χ2v) is 9.00. The van der Waals surface area contributed by atoms with Crippen LogP contribution in [0.5, 0.6) is 0 Å². The zero-order chi connectivity index (χ0) is 22.2. The maximum Gasteiger partial charge on any atom is 0.293 e. The summed E-state index contributed by atoms with van der Waals surface area (Å²) in [6.07, 6.45) is 5.38. The molecule has 0 spiro atoms. The van der Waals surface area contributed by atoms with Gasteiger partial charge in [-0.15, -0.1) is 0 Å². The monoisotopic (exact) mass is 432 g/mol. The Morgan fingerprint density at radius 1 is 1.13 bits per heavy atom. The normalized spacial score (nSPS) is 19.1. The molecule has 1 amide bonds. The molecule has 0 aliphatic carbocycles. The number of carbonyl (C=O) groups is 1. The number of nitrogens with one attached hydrogen (secondary N) is 1. The van der Waals surface area contributed by atoms with Crippen LogP contribution in [-0.4, -0.2) is 67.7 Å². The Bertz CT molecular complexity index is 741. The van der Waals surface area contributed by atoms with E-state index in [-0.39, 0.29) is 22.6 Å². The van der Waals surface area contributed by atoms with E-state index in [1.165, 1.54) is 6.07 Å². The topological polar surface area (TPSA) is 88.0 Å². The van der Waals surface area contributed by atoms with Gasteiger partial charge in [0.2, 0.25) is 0 Å². The average molecular weight is 433 g/mol. The molecule has 2 aliphatic rings. The summed E-state index contributed by atoms with van der Waals surface area (Å²) in [5.74, 6) is 0.256. The molecule has 1 N–H and O–H groups in total. The summed E-state index contributed by atoms with van der Waals surface area (Å²) in [5.41, 5.74) is 0.978. The molecule has 2 saturated heterocycles. The number of carbonyl (C=O) groups excluding carboxylic acids is 1. The zero-order valence-corrected chi connectivity index (χ0v) is 18.8. The minimum absolute atomic E-state index is 0.0152. The van der Waals surface area contributed by atoms with E-state index in [2.05, 4.69) is 29.0 Å². The lowest BCUT2D eigenvalue weighted by atomic mass is 10.0. The van der Waals surface area contributed by atoms with Crippen LogP contribution in [0.4, 0.5) is 11.4 Å². The Morgan fingerprint density at radius 2 is 1.81 bits per heavy atom. The molecule has 0 aromatic heterocycles. The SMILES string of the molecule is CC(C)CC(CNC(=O)c1ccc(N2CCCCCC2)c([N+](=O)[O-])c1)N1CCOCC1. The Morgan fingerprint density at radius 3 is 2.42 bits per heavy atom. The molecule has 0 saturated carbocycles. The smallest absolute Gasteiger partial charge is 0.293 e. The van der Waals surface area contributed by atoms with Crippen LogP contribution in [-0.2, 0) is 4.74 Å². The number of rotatable bonds is 8. The number of anilines is 1. The summed E-state index contributed by atoms with van der Waals surface area (Å²) in [7, 11) is 0. The summed E-state index contributed by atoms with van der Waals surface area (Å²) in [6, 6.07) is 5.13. The Balaban J connectivity index is 1.69. The third kappa shape index (κ3) is 6.64. The molecule has 0 radical (unpaired) electrons. The Labute approximate surface area is 185 Å². The lowest BCUT2D eigenvalue weighted by Gasteiger charge is -2.35. The first-order valence-electron chi connectivity index (χ1n) is 11.6. The van der Waals surface area contributed by atoms with Crippen LogP contribution in [0, 0.1) is 16.0 Å². The number of nitro groups is 1. The van der Waals surface area contributed by atoms with Gasteiger partial charge in [0, 0.05) is 50.4 Å². The van der Waals surface area contributed by atoms with Gasteiger partial charge in [-0.1, -0.05) is 26.7 Å². The van der Waals surface area contributed by atoms with Crippen LogP contribution >= 0.6 is 0 Å². The van der Waals surface area contributed by atoms with Crippen molar-refractivity contribution in [3.8, 4) is 0 Å². The summed E-state index contributed by atoms with van der Waals surface area (Å²) in [6.45, 7) is 9.69. The standard InChI is InChI=1S/C23H36N4O4/c1-18(2)15-20(25-11-13-31-14-12-25)17-24-23(28)19-7-8-21(22(16-19)27(29)30)26-9-5-3-4-6-10-26/h7-8,16,18,20H,3-6,9-15,17H2,1-2H3,(H,24,28). The predicted molar refractivity (Wildman–Crippen MR) is 122 cm³/mol. The van der Waals surface area contributed by atoms with Crippen molar-refractivity contribution in [2.45, 2.75) is 52.0 Å². The van der Waals surface area contributed by atoms with Crippen molar-refractivity contribution < 1.29 is 14.5 Å². The number of nitro benzene ring substituents is 1. The van der Waals surface area contributed by atoms with Crippen molar-refractivity contribution in [2.75, 3.05) is 50.8 Å². The molecule has 2 heterocycles. The molecule has 8 heteroatoms.